The molecule has 0 aliphatic heterocycles. The molecule has 2 rings (SSSR count). The van der Waals surface area contributed by atoms with Crippen LogP contribution in [0.1, 0.15) is 29.3 Å². The third-order valence-electron chi connectivity index (χ3n) is 3.01. The Morgan fingerprint density at radius 2 is 2.00 bits per heavy atom. The number of aryl methyl sites for hydroxylation is 1. The Morgan fingerprint density at radius 1 is 1.21 bits per heavy atom. The van der Waals surface area contributed by atoms with Crippen LogP contribution in [0.4, 0.5) is 0 Å². The highest BCUT2D eigenvalue weighted by molar-refractivity contribution is 5.93. The lowest BCUT2D eigenvalue weighted by Crippen LogP contribution is -2.32. The molecule has 0 aliphatic rings. The molecule has 0 saturated heterocycles. The number of aromatic nitrogens is 1. The maximum absolute atomic E-state index is 11.9. The van der Waals surface area contributed by atoms with Gasteiger partial charge in [0.05, 0.1) is 5.56 Å². The van der Waals surface area contributed by atoms with Crippen molar-refractivity contribution in [1.82, 2.24) is 10.3 Å². The average Bonchev–Trinajstić information content (AvgIpc) is 2.47. The van der Waals surface area contributed by atoms with Crippen molar-refractivity contribution in [2.75, 3.05) is 0 Å². The SMILES string of the molecule is C[C@@H](CCc1ccccc1)NC(=O)c1cccnc1. The van der Waals surface area contributed by atoms with E-state index in [-0.39, 0.29) is 11.9 Å². The first kappa shape index (κ1) is 13.3. The van der Waals surface area contributed by atoms with Crippen LogP contribution in [0.2, 0.25) is 0 Å². The van der Waals surface area contributed by atoms with Gasteiger partial charge in [-0.05, 0) is 37.5 Å². The second-order valence-corrected chi connectivity index (χ2v) is 4.64. The maximum Gasteiger partial charge on any atom is 0.253 e. The number of nitrogens with one attached hydrogen (secondary N) is 1. The molecule has 0 bridgehead atoms. The smallest absolute Gasteiger partial charge is 0.253 e. The van der Waals surface area contributed by atoms with Crippen LogP contribution in [0.3, 0.4) is 0 Å². The highest BCUT2D eigenvalue weighted by atomic mass is 16.1. The van der Waals surface area contributed by atoms with Crippen molar-refractivity contribution in [3.8, 4) is 0 Å². The standard InChI is InChI=1S/C16H18N2O/c1-13(9-10-14-6-3-2-4-7-14)18-16(19)15-8-5-11-17-12-15/h2-8,11-13H,9-10H2,1H3,(H,18,19)/t13-/m0/s1. The normalized spacial score (nSPS) is 11.8. The van der Waals surface area contributed by atoms with Gasteiger partial charge in [-0.15, -0.1) is 0 Å². The third-order valence-corrected chi connectivity index (χ3v) is 3.01. The highest BCUT2D eigenvalue weighted by Crippen LogP contribution is 2.05. The van der Waals surface area contributed by atoms with Crippen LogP contribution in [-0.2, 0) is 6.42 Å². The molecule has 1 heterocycles. The summed E-state index contributed by atoms with van der Waals surface area (Å²) in [6.07, 6.45) is 5.14. The van der Waals surface area contributed by atoms with Gasteiger partial charge in [-0.1, -0.05) is 30.3 Å². The first-order valence-corrected chi connectivity index (χ1v) is 6.50. The summed E-state index contributed by atoms with van der Waals surface area (Å²) in [4.78, 5) is 15.9. The molecule has 19 heavy (non-hydrogen) atoms. The second kappa shape index (κ2) is 6.69. The Labute approximate surface area is 113 Å². The lowest BCUT2D eigenvalue weighted by molar-refractivity contribution is 0.0938. The molecule has 1 amide bonds. The molecule has 98 valence electrons. The minimum Gasteiger partial charge on any atom is -0.350 e. The summed E-state index contributed by atoms with van der Waals surface area (Å²) in [7, 11) is 0. The minimum atomic E-state index is -0.0614. The van der Waals surface area contributed by atoms with E-state index in [1.54, 1.807) is 24.5 Å². The van der Waals surface area contributed by atoms with Crippen molar-refractivity contribution in [2.24, 2.45) is 0 Å². The van der Waals surface area contributed by atoms with E-state index in [2.05, 4.69) is 22.4 Å². The molecule has 1 N–H and O–H groups in total. The summed E-state index contributed by atoms with van der Waals surface area (Å²) >= 11 is 0. The lowest BCUT2D eigenvalue weighted by atomic mass is 10.1. The van der Waals surface area contributed by atoms with Gasteiger partial charge < -0.3 is 5.32 Å². The summed E-state index contributed by atoms with van der Waals surface area (Å²) in [5, 5.41) is 2.99. The van der Waals surface area contributed by atoms with Gasteiger partial charge in [0.25, 0.3) is 5.91 Å². The van der Waals surface area contributed by atoms with E-state index >= 15 is 0 Å². The Kier molecular flexibility index (Phi) is 4.67. The number of pyridine rings is 1. The first-order chi connectivity index (χ1) is 9.25. The van der Waals surface area contributed by atoms with Crippen molar-refractivity contribution >= 4 is 5.91 Å². The molecule has 1 aromatic heterocycles. The Hall–Kier alpha value is -2.16. The predicted octanol–water partition coefficient (Wildman–Crippen LogP) is 2.83. The van der Waals surface area contributed by atoms with Gasteiger partial charge in [0.2, 0.25) is 0 Å². The zero-order valence-electron chi connectivity index (χ0n) is 11.0. The minimum absolute atomic E-state index is 0.0614. The van der Waals surface area contributed by atoms with Crippen molar-refractivity contribution in [2.45, 2.75) is 25.8 Å². The van der Waals surface area contributed by atoms with Gasteiger partial charge in [0.1, 0.15) is 0 Å². The van der Waals surface area contributed by atoms with Crippen molar-refractivity contribution in [3.63, 3.8) is 0 Å². The van der Waals surface area contributed by atoms with E-state index in [0.29, 0.717) is 5.56 Å². The van der Waals surface area contributed by atoms with Crippen LogP contribution in [0.25, 0.3) is 0 Å². The lowest BCUT2D eigenvalue weighted by Gasteiger charge is -2.13. The molecule has 0 spiro atoms. The summed E-state index contributed by atoms with van der Waals surface area (Å²) < 4.78 is 0. The van der Waals surface area contributed by atoms with Gasteiger partial charge in [-0.25, -0.2) is 0 Å². The van der Waals surface area contributed by atoms with Gasteiger partial charge >= 0.3 is 0 Å². The molecule has 0 fully saturated rings. The van der Waals surface area contributed by atoms with E-state index < -0.39 is 0 Å². The summed E-state index contributed by atoms with van der Waals surface area (Å²) in [5.41, 5.74) is 1.90. The average molecular weight is 254 g/mol. The van der Waals surface area contributed by atoms with Gasteiger partial charge in [0.15, 0.2) is 0 Å². The number of hydrogen-bond donors (Lipinski definition) is 1. The molecule has 0 unspecified atom stereocenters. The maximum atomic E-state index is 11.9. The number of nitrogens with zero attached hydrogens (tertiary/aromatic N) is 1. The van der Waals surface area contributed by atoms with Crippen molar-refractivity contribution < 1.29 is 4.79 Å². The van der Waals surface area contributed by atoms with Crippen molar-refractivity contribution in [3.05, 3.63) is 66.0 Å². The van der Waals surface area contributed by atoms with Crippen LogP contribution in [0.15, 0.2) is 54.9 Å². The Bertz CT molecular complexity index is 511. The van der Waals surface area contributed by atoms with Gasteiger partial charge in [-0.3, -0.25) is 9.78 Å². The molecule has 3 heteroatoms. The molecule has 2 aromatic rings. The summed E-state index contributed by atoms with van der Waals surface area (Å²) in [6, 6.07) is 14.0. The van der Waals surface area contributed by atoms with Gasteiger partial charge in [0, 0.05) is 18.4 Å². The zero-order valence-corrected chi connectivity index (χ0v) is 11.0. The number of carbonyl (C=O) groups is 1. The van der Waals surface area contributed by atoms with E-state index in [1.807, 2.05) is 25.1 Å². The summed E-state index contributed by atoms with van der Waals surface area (Å²) in [5.74, 6) is -0.0614. The fourth-order valence-corrected chi connectivity index (χ4v) is 1.90. The number of hydrogen-bond acceptors (Lipinski definition) is 2. The number of carbonyl (C=O) groups excluding carboxylic acids is 1. The molecular formula is C16H18N2O. The number of amides is 1. The molecule has 0 aliphatic carbocycles. The van der Waals surface area contributed by atoms with E-state index in [0.717, 1.165) is 12.8 Å². The zero-order chi connectivity index (χ0) is 13.5. The van der Waals surface area contributed by atoms with Crippen LogP contribution >= 0.6 is 0 Å². The molecular weight excluding hydrogens is 236 g/mol. The van der Waals surface area contributed by atoms with E-state index in [9.17, 15) is 4.79 Å². The molecule has 0 radical (unpaired) electrons. The summed E-state index contributed by atoms with van der Waals surface area (Å²) in [6.45, 7) is 2.03. The molecule has 3 nitrogen and oxygen atoms in total. The van der Waals surface area contributed by atoms with Crippen LogP contribution in [0.5, 0.6) is 0 Å². The van der Waals surface area contributed by atoms with Crippen LogP contribution in [-0.4, -0.2) is 16.9 Å². The predicted molar refractivity (Wildman–Crippen MR) is 75.9 cm³/mol. The highest BCUT2D eigenvalue weighted by Gasteiger charge is 2.09. The number of benzene rings is 1. The monoisotopic (exact) mass is 254 g/mol. The topological polar surface area (TPSA) is 42.0 Å². The van der Waals surface area contributed by atoms with Crippen LogP contribution in [0, 0.1) is 0 Å². The Balaban J connectivity index is 1.81. The molecule has 0 saturated carbocycles. The van der Waals surface area contributed by atoms with E-state index in [1.165, 1.54) is 5.56 Å². The van der Waals surface area contributed by atoms with Gasteiger partial charge in [-0.2, -0.15) is 0 Å². The molecule has 1 atom stereocenters. The first-order valence-electron chi connectivity index (χ1n) is 6.50. The fourth-order valence-electron chi connectivity index (χ4n) is 1.90. The fraction of sp³-hybridized carbons (Fsp3) is 0.250. The number of rotatable bonds is 5. The van der Waals surface area contributed by atoms with E-state index in [4.69, 9.17) is 0 Å². The quantitative estimate of drug-likeness (QED) is 0.891. The second-order valence-electron chi connectivity index (χ2n) is 4.64. The Morgan fingerprint density at radius 3 is 2.68 bits per heavy atom. The third kappa shape index (κ3) is 4.21. The van der Waals surface area contributed by atoms with Crippen molar-refractivity contribution in [1.29, 1.82) is 0 Å². The largest absolute Gasteiger partial charge is 0.350 e. The molecule has 1 aromatic carbocycles. The van der Waals surface area contributed by atoms with Crippen LogP contribution < -0.4 is 5.32 Å².